The van der Waals surface area contributed by atoms with E-state index in [0.29, 0.717) is 24.2 Å². The first kappa shape index (κ1) is 12.6. The summed E-state index contributed by atoms with van der Waals surface area (Å²) < 4.78 is 5.80. The van der Waals surface area contributed by atoms with Crippen LogP contribution in [0.25, 0.3) is 11.5 Å². The van der Waals surface area contributed by atoms with Crippen molar-refractivity contribution >= 4 is 5.91 Å². The van der Waals surface area contributed by atoms with Crippen LogP contribution in [0, 0.1) is 5.92 Å². The summed E-state index contributed by atoms with van der Waals surface area (Å²) in [7, 11) is 0. The summed E-state index contributed by atoms with van der Waals surface area (Å²) in [6.07, 6.45) is 3.02. The van der Waals surface area contributed by atoms with Gasteiger partial charge in [0.05, 0.1) is 5.92 Å². The van der Waals surface area contributed by atoms with Crippen molar-refractivity contribution in [1.29, 1.82) is 0 Å². The highest BCUT2D eigenvalue weighted by Gasteiger charge is 2.38. The summed E-state index contributed by atoms with van der Waals surface area (Å²) in [5.41, 5.74) is 0.931. The van der Waals surface area contributed by atoms with Crippen LogP contribution < -0.4 is 0 Å². The maximum absolute atomic E-state index is 12.1. The van der Waals surface area contributed by atoms with Crippen molar-refractivity contribution in [3.63, 3.8) is 0 Å². The minimum atomic E-state index is 0.178. The molecule has 4 rings (SSSR count). The molecule has 1 aliphatic heterocycles. The van der Waals surface area contributed by atoms with Crippen LogP contribution in [0.5, 0.6) is 0 Å². The number of hydrogen-bond donors (Lipinski definition) is 0. The molecule has 108 valence electrons. The van der Waals surface area contributed by atoms with Gasteiger partial charge in [0, 0.05) is 24.6 Å². The number of amides is 1. The lowest BCUT2D eigenvalue weighted by atomic mass is 10.1. The number of carbonyl (C=O) groups excluding carboxylic acids is 1. The molecular formula is C16H17N3O2. The predicted octanol–water partition coefficient (Wildman–Crippen LogP) is 2.46. The number of likely N-dealkylation sites (tertiary alicyclic amines) is 1. The van der Waals surface area contributed by atoms with Gasteiger partial charge in [-0.05, 0) is 31.4 Å². The minimum absolute atomic E-state index is 0.178. The number of benzene rings is 1. The second kappa shape index (κ2) is 4.98. The van der Waals surface area contributed by atoms with Crippen molar-refractivity contribution in [2.45, 2.75) is 25.2 Å². The highest BCUT2D eigenvalue weighted by Crippen LogP contribution is 2.35. The van der Waals surface area contributed by atoms with E-state index in [1.807, 2.05) is 35.2 Å². The quantitative estimate of drug-likeness (QED) is 0.868. The maximum atomic E-state index is 12.1. The Bertz CT molecular complexity index is 649. The van der Waals surface area contributed by atoms with Gasteiger partial charge in [0.1, 0.15) is 0 Å². The first-order valence-corrected chi connectivity index (χ1v) is 7.49. The van der Waals surface area contributed by atoms with E-state index in [1.165, 1.54) is 0 Å². The third-order valence-electron chi connectivity index (χ3n) is 4.24. The van der Waals surface area contributed by atoms with Crippen molar-refractivity contribution in [2.75, 3.05) is 13.1 Å². The highest BCUT2D eigenvalue weighted by atomic mass is 16.4. The highest BCUT2D eigenvalue weighted by molar-refractivity contribution is 5.81. The van der Waals surface area contributed by atoms with Gasteiger partial charge in [0.2, 0.25) is 17.7 Å². The second-order valence-corrected chi connectivity index (χ2v) is 5.86. The Morgan fingerprint density at radius 1 is 1.14 bits per heavy atom. The summed E-state index contributed by atoms with van der Waals surface area (Å²) in [4.78, 5) is 14.0. The van der Waals surface area contributed by atoms with E-state index in [1.54, 1.807) is 0 Å². The average molecular weight is 283 g/mol. The molecule has 1 amide bonds. The van der Waals surface area contributed by atoms with E-state index < -0.39 is 0 Å². The van der Waals surface area contributed by atoms with E-state index in [0.717, 1.165) is 31.4 Å². The lowest BCUT2D eigenvalue weighted by Crippen LogP contribution is -2.29. The van der Waals surface area contributed by atoms with Crippen LogP contribution in [0.3, 0.4) is 0 Å². The molecule has 2 aliphatic rings. The van der Waals surface area contributed by atoms with Crippen LogP contribution in [0.2, 0.25) is 0 Å². The molecule has 1 saturated carbocycles. The summed E-state index contributed by atoms with van der Waals surface area (Å²) >= 11 is 0. The summed E-state index contributed by atoms with van der Waals surface area (Å²) in [5.74, 6) is 1.97. The maximum Gasteiger partial charge on any atom is 0.247 e. The molecule has 0 N–H and O–H groups in total. The Balaban J connectivity index is 1.48. The normalized spacial score (nSPS) is 21.7. The van der Waals surface area contributed by atoms with E-state index in [4.69, 9.17) is 4.42 Å². The van der Waals surface area contributed by atoms with Crippen molar-refractivity contribution < 1.29 is 9.21 Å². The number of rotatable bonds is 3. The molecule has 5 nitrogen and oxygen atoms in total. The number of carbonyl (C=O) groups is 1. The van der Waals surface area contributed by atoms with Gasteiger partial charge in [-0.1, -0.05) is 18.2 Å². The largest absolute Gasteiger partial charge is 0.420 e. The van der Waals surface area contributed by atoms with Gasteiger partial charge in [-0.3, -0.25) is 4.79 Å². The molecule has 1 aromatic carbocycles. The van der Waals surface area contributed by atoms with Crippen LogP contribution in [0.15, 0.2) is 34.7 Å². The topological polar surface area (TPSA) is 59.2 Å². The van der Waals surface area contributed by atoms with Gasteiger partial charge < -0.3 is 9.32 Å². The third kappa shape index (κ3) is 2.44. The number of nitrogens with zero attached hydrogens (tertiary/aromatic N) is 3. The predicted molar refractivity (Wildman–Crippen MR) is 76.4 cm³/mol. The van der Waals surface area contributed by atoms with Gasteiger partial charge in [-0.25, -0.2) is 0 Å². The standard InChI is InChI=1S/C16H17N3O2/c20-16(12-6-7-12)19-9-8-13(10-19)15-18-17-14(21-15)11-4-2-1-3-5-11/h1-5,12-13H,6-10H2/t13-/m0/s1. The smallest absolute Gasteiger partial charge is 0.247 e. The van der Waals surface area contributed by atoms with Crippen molar-refractivity contribution in [3.8, 4) is 11.5 Å². The van der Waals surface area contributed by atoms with E-state index >= 15 is 0 Å². The lowest BCUT2D eigenvalue weighted by molar-refractivity contribution is -0.131. The molecule has 21 heavy (non-hydrogen) atoms. The zero-order valence-electron chi connectivity index (χ0n) is 11.7. The molecule has 5 heteroatoms. The van der Waals surface area contributed by atoms with E-state index in [9.17, 15) is 4.79 Å². The molecule has 2 fully saturated rings. The van der Waals surface area contributed by atoms with Gasteiger partial charge in [-0.15, -0.1) is 10.2 Å². The lowest BCUT2D eigenvalue weighted by Gasteiger charge is -2.14. The van der Waals surface area contributed by atoms with Gasteiger partial charge in [0.15, 0.2) is 0 Å². The van der Waals surface area contributed by atoms with E-state index in [2.05, 4.69) is 10.2 Å². The molecule has 2 aromatic rings. The fourth-order valence-electron chi connectivity index (χ4n) is 2.85. The zero-order chi connectivity index (χ0) is 14.2. The van der Waals surface area contributed by atoms with Gasteiger partial charge in [0.25, 0.3) is 0 Å². The molecule has 0 bridgehead atoms. The summed E-state index contributed by atoms with van der Waals surface area (Å²) in [6, 6.07) is 9.76. The molecule has 2 heterocycles. The zero-order valence-corrected chi connectivity index (χ0v) is 11.7. The Morgan fingerprint density at radius 3 is 2.71 bits per heavy atom. The summed E-state index contributed by atoms with van der Waals surface area (Å²) in [6.45, 7) is 1.52. The van der Waals surface area contributed by atoms with Crippen LogP contribution in [-0.4, -0.2) is 34.1 Å². The van der Waals surface area contributed by atoms with Crippen LogP contribution in [0.1, 0.15) is 31.1 Å². The average Bonchev–Trinajstić information content (AvgIpc) is 3.06. The molecule has 0 unspecified atom stereocenters. The fourth-order valence-corrected chi connectivity index (χ4v) is 2.85. The van der Waals surface area contributed by atoms with Gasteiger partial charge >= 0.3 is 0 Å². The molecule has 1 saturated heterocycles. The SMILES string of the molecule is O=C(C1CC1)N1CC[C@H](c2nnc(-c3ccccc3)o2)C1. The number of hydrogen-bond acceptors (Lipinski definition) is 4. The first-order chi connectivity index (χ1) is 10.3. The summed E-state index contributed by atoms with van der Waals surface area (Å²) in [5, 5.41) is 8.30. The Morgan fingerprint density at radius 2 is 1.95 bits per heavy atom. The second-order valence-electron chi connectivity index (χ2n) is 5.86. The Labute approximate surface area is 123 Å². The molecule has 1 atom stereocenters. The van der Waals surface area contributed by atoms with Gasteiger partial charge in [-0.2, -0.15) is 0 Å². The van der Waals surface area contributed by atoms with Crippen LogP contribution in [-0.2, 0) is 4.79 Å². The number of aromatic nitrogens is 2. The van der Waals surface area contributed by atoms with Crippen molar-refractivity contribution in [2.24, 2.45) is 5.92 Å². The van der Waals surface area contributed by atoms with Crippen LogP contribution >= 0.6 is 0 Å². The third-order valence-corrected chi connectivity index (χ3v) is 4.24. The molecule has 1 aromatic heterocycles. The molecule has 1 aliphatic carbocycles. The minimum Gasteiger partial charge on any atom is -0.420 e. The Hall–Kier alpha value is -2.17. The van der Waals surface area contributed by atoms with Crippen molar-refractivity contribution in [1.82, 2.24) is 15.1 Å². The van der Waals surface area contributed by atoms with Crippen LogP contribution in [0.4, 0.5) is 0 Å². The van der Waals surface area contributed by atoms with Crippen molar-refractivity contribution in [3.05, 3.63) is 36.2 Å². The monoisotopic (exact) mass is 283 g/mol. The Kier molecular flexibility index (Phi) is 2.98. The fraction of sp³-hybridized carbons (Fsp3) is 0.438. The van der Waals surface area contributed by atoms with E-state index in [-0.39, 0.29) is 11.8 Å². The molecular weight excluding hydrogens is 266 g/mol. The first-order valence-electron chi connectivity index (χ1n) is 7.49. The molecule has 0 spiro atoms. The molecule has 0 radical (unpaired) electrons.